The lowest BCUT2D eigenvalue weighted by molar-refractivity contribution is 0.175. The molecule has 0 amide bonds. The van der Waals surface area contributed by atoms with Crippen LogP contribution in [0.2, 0.25) is 0 Å². The molecule has 0 aromatic carbocycles. The molecule has 17 heavy (non-hydrogen) atoms. The SMILES string of the molecule is COCCC1(CNc2ncc(Br)cc2C)CC1. The lowest BCUT2D eigenvalue weighted by atomic mass is 10.0. The average Bonchev–Trinajstić information content (AvgIpc) is 3.06. The van der Waals surface area contributed by atoms with Gasteiger partial charge in [0.2, 0.25) is 0 Å². The predicted octanol–water partition coefficient (Wildman–Crippen LogP) is 3.38. The Hall–Kier alpha value is -0.610. The van der Waals surface area contributed by atoms with Gasteiger partial charge in [0.15, 0.2) is 0 Å². The fourth-order valence-corrected chi connectivity index (χ4v) is 2.45. The van der Waals surface area contributed by atoms with E-state index in [1.54, 1.807) is 7.11 Å². The molecule has 4 heteroatoms. The van der Waals surface area contributed by atoms with Crippen molar-refractivity contribution >= 4 is 21.7 Å². The summed E-state index contributed by atoms with van der Waals surface area (Å²) < 4.78 is 6.19. The predicted molar refractivity (Wildman–Crippen MR) is 73.3 cm³/mol. The molecule has 1 aromatic rings. The van der Waals surface area contributed by atoms with E-state index in [-0.39, 0.29) is 0 Å². The molecular formula is C13H19BrN2O. The van der Waals surface area contributed by atoms with Crippen LogP contribution in [0.3, 0.4) is 0 Å². The molecule has 1 aromatic heterocycles. The van der Waals surface area contributed by atoms with Gasteiger partial charge in [0.05, 0.1) is 0 Å². The highest BCUT2D eigenvalue weighted by Crippen LogP contribution is 2.48. The van der Waals surface area contributed by atoms with Gasteiger partial charge in [-0.3, -0.25) is 0 Å². The zero-order valence-corrected chi connectivity index (χ0v) is 12.0. The Kier molecular flexibility index (Phi) is 4.05. The maximum Gasteiger partial charge on any atom is 0.128 e. The molecule has 0 spiro atoms. The van der Waals surface area contributed by atoms with Gasteiger partial charge < -0.3 is 10.1 Å². The number of pyridine rings is 1. The molecule has 0 atom stereocenters. The number of methoxy groups -OCH3 is 1. The number of nitrogens with one attached hydrogen (secondary N) is 1. The summed E-state index contributed by atoms with van der Waals surface area (Å²) in [5.41, 5.74) is 1.64. The van der Waals surface area contributed by atoms with Gasteiger partial charge in [-0.15, -0.1) is 0 Å². The molecule has 1 aliphatic rings. The fourth-order valence-electron chi connectivity index (χ4n) is 2.01. The Morgan fingerprint density at radius 2 is 2.29 bits per heavy atom. The number of hydrogen-bond donors (Lipinski definition) is 1. The Morgan fingerprint density at radius 3 is 2.88 bits per heavy atom. The van der Waals surface area contributed by atoms with Crippen molar-refractivity contribution in [2.24, 2.45) is 5.41 Å². The molecule has 0 unspecified atom stereocenters. The third-order valence-electron chi connectivity index (χ3n) is 3.47. The summed E-state index contributed by atoms with van der Waals surface area (Å²) in [6, 6.07) is 2.09. The normalized spacial score (nSPS) is 16.9. The number of anilines is 1. The van der Waals surface area contributed by atoms with Crippen LogP contribution in [0.5, 0.6) is 0 Å². The summed E-state index contributed by atoms with van der Waals surface area (Å²) in [4.78, 5) is 4.40. The van der Waals surface area contributed by atoms with Crippen LogP contribution < -0.4 is 5.32 Å². The number of halogens is 1. The Labute approximate surface area is 111 Å². The van der Waals surface area contributed by atoms with Crippen LogP contribution in [0.4, 0.5) is 5.82 Å². The van der Waals surface area contributed by atoms with Gasteiger partial charge in [0.1, 0.15) is 5.82 Å². The molecule has 1 heterocycles. The van der Waals surface area contributed by atoms with Gasteiger partial charge in [0.25, 0.3) is 0 Å². The van der Waals surface area contributed by atoms with Gasteiger partial charge in [-0.25, -0.2) is 4.98 Å². The van der Waals surface area contributed by atoms with Gasteiger partial charge in [-0.05, 0) is 59.2 Å². The standard InChI is InChI=1S/C13H19BrN2O/c1-10-7-11(14)8-15-12(10)16-9-13(3-4-13)5-6-17-2/h7-8H,3-6,9H2,1-2H3,(H,15,16). The maximum atomic E-state index is 5.16. The third-order valence-corrected chi connectivity index (χ3v) is 3.90. The van der Waals surface area contributed by atoms with Gasteiger partial charge in [-0.2, -0.15) is 0 Å². The van der Waals surface area contributed by atoms with Crippen molar-refractivity contribution in [3.8, 4) is 0 Å². The van der Waals surface area contributed by atoms with E-state index in [0.29, 0.717) is 5.41 Å². The zero-order valence-electron chi connectivity index (χ0n) is 10.4. The highest BCUT2D eigenvalue weighted by Gasteiger charge is 2.41. The van der Waals surface area contributed by atoms with Gasteiger partial charge in [-0.1, -0.05) is 0 Å². The van der Waals surface area contributed by atoms with Crippen LogP contribution in [-0.2, 0) is 4.74 Å². The molecule has 1 N–H and O–H groups in total. The van der Waals surface area contributed by atoms with E-state index in [2.05, 4.69) is 39.2 Å². The number of hydrogen-bond acceptors (Lipinski definition) is 3. The van der Waals surface area contributed by atoms with Crippen LogP contribution in [0.25, 0.3) is 0 Å². The fraction of sp³-hybridized carbons (Fsp3) is 0.615. The monoisotopic (exact) mass is 298 g/mol. The molecule has 0 bridgehead atoms. The quantitative estimate of drug-likeness (QED) is 0.874. The number of rotatable bonds is 6. The van der Waals surface area contributed by atoms with E-state index in [0.717, 1.165) is 29.9 Å². The molecular weight excluding hydrogens is 280 g/mol. The zero-order chi connectivity index (χ0) is 12.3. The first-order valence-corrected chi connectivity index (χ1v) is 6.79. The second-order valence-corrected chi connectivity index (χ2v) is 5.83. The second-order valence-electron chi connectivity index (χ2n) is 4.92. The van der Waals surface area contributed by atoms with Crippen LogP contribution in [0, 0.1) is 12.3 Å². The van der Waals surface area contributed by atoms with Gasteiger partial charge in [0, 0.05) is 30.9 Å². The van der Waals surface area contributed by atoms with Gasteiger partial charge >= 0.3 is 0 Å². The molecule has 3 nitrogen and oxygen atoms in total. The topological polar surface area (TPSA) is 34.1 Å². The summed E-state index contributed by atoms with van der Waals surface area (Å²) in [5.74, 6) is 0.997. The summed E-state index contributed by atoms with van der Waals surface area (Å²) in [5, 5.41) is 3.46. The Bertz CT molecular complexity index is 391. The number of ether oxygens (including phenoxy) is 1. The number of aryl methyl sites for hydroxylation is 1. The van der Waals surface area contributed by atoms with Crippen molar-refractivity contribution < 1.29 is 4.74 Å². The van der Waals surface area contributed by atoms with Crippen molar-refractivity contribution in [1.29, 1.82) is 0 Å². The van der Waals surface area contributed by atoms with Crippen molar-refractivity contribution in [3.05, 3.63) is 22.3 Å². The lowest BCUT2D eigenvalue weighted by Gasteiger charge is -2.16. The van der Waals surface area contributed by atoms with Crippen LogP contribution >= 0.6 is 15.9 Å². The minimum atomic E-state index is 0.456. The van der Waals surface area contributed by atoms with Crippen molar-refractivity contribution in [2.75, 3.05) is 25.6 Å². The molecule has 0 saturated heterocycles. The maximum absolute atomic E-state index is 5.16. The summed E-state index contributed by atoms with van der Waals surface area (Å²) in [6.45, 7) is 3.94. The second kappa shape index (κ2) is 5.36. The highest BCUT2D eigenvalue weighted by molar-refractivity contribution is 9.10. The summed E-state index contributed by atoms with van der Waals surface area (Å²) in [7, 11) is 1.77. The Balaban J connectivity index is 1.89. The first-order chi connectivity index (χ1) is 8.15. The van der Waals surface area contributed by atoms with Crippen LogP contribution in [0.1, 0.15) is 24.8 Å². The van der Waals surface area contributed by atoms with E-state index in [1.807, 2.05) is 6.20 Å². The van der Waals surface area contributed by atoms with E-state index >= 15 is 0 Å². The minimum absolute atomic E-state index is 0.456. The van der Waals surface area contributed by atoms with E-state index in [1.165, 1.54) is 18.4 Å². The number of nitrogens with zero attached hydrogens (tertiary/aromatic N) is 1. The molecule has 1 saturated carbocycles. The first kappa shape index (κ1) is 12.8. The first-order valence-electron chi connectivity index (χ1n) is 6.00. The van der Waals surface area contributed by atoms with Crippen molar-refractivity contribution in [1.82, 2.24) is 4.98 Å². The smallest absolute Gasteiger partial charge is 0.128 e. The summed E-state index contributed by atoms with van der Waals surface area (Å²) in [6.07, 6.45) is 5.59. The van der Waals surface area contributed by atoms with Crippen molar-refractivity contribution in [2.45, 2.75) is 26.2 Å². The molecule has 2 rings (SSSR count). The number of aromatic nitrogens is 1. The molecule has 0 aliphatic heterocycles. The molecule has 1 fully saturated rings. The third kappa shape index (κ3) is 3.42. The van der Waals surface area contributed by atoms with Crippen molar-refractivity contribution in [3.63, 3.8) is 0 Å². The lowest BCUT2D eigenvalue weighted by Crippen LogP contribution is -2.18. The van der Waals surface area contributed by atoms with Crippen LogP contribution in [0.15, 0.2) is 16.7 Å². The highest BCUT2D eigenvalue weighted by atomic mass is 79.9. The average molecular weight is 299 g/mol. The molecule has 1 aliphatic carbocycles. The molecule has 0 radical (unpaired) electrons. The minimum Gasteiger partial charge on any atom is -0.385 e. The largest absolute Gasteiger partial charge is 0.385 e. The van der Waals surface area contributed by atoms with E-state index < -0.39 is 0 Å². The molecule has 94 valence electrons. The van der Waals surface area contributed by atoms with Crippen LogP contribution in [-0.4, -0.2) is 25.2 Å². The Morgan fingerprint density at radius 1 is 1.53 bits per heavy atom. The summed E-state index contributed by atoms with van der Waals surface area (Å²) >= 11 is 3.43. The van der Waals surface area contributed by atoms with E-state index in [9.17, 15) is 0 Å². The van der Waals surface area contributed by atoms with E-state index in [4.69, 9.17) is 4.74 Å².